The van der Waals surface area contributed by atoms with Gasteiger partial charge >= 0.3 is 7.48 Å². The van der Waals surface area contributed by atoms with Crippen molar-refractivity contribution in [3.05, 3.63) is 29.6 Å². The van der Waals surface area contributed by atoms with Crippen LogP contribution < -0.4 is 5.46 Å². The average molecular weight is 277 g/mol. The smallest absolute Gasteiger partial charge is 0.307 e. The van der Waals surface area contributed by atoms with Gasteiger partial charge in [-0.2, -0.15) is 0 Å². The van der Waals surface area contributed by atoms with Gasteiger partial charge in [-0.3, -0.25) is 4.79 Å². The number of piperidine rings is 1. The highest BCUT2D eigenvalue weighted by molar-refractivity contribution is 6.45. The molecule has 1 unspecified atom stereocenters. The third-order valence-electron chi connectivity index (χ3n) is 3.99. The van der Waals surface area contributed by atoms with Crippen molar-refractivity contribution in [1.82, 2.24) is 4.90 Å². The van der Waals surface area contributed by atoms with Gasteiger partial charge in [-0.15, -0.1) is 0 Å². The number of carbonyl (C=O) groups is 1. The number of benzene rings is 1. The van der Waals surface area contributed by atoms with Crippen LogP contribution in [-0.2, 0) is 0 Å². The van der Waals surface area contributed by atoms with Crippen molar-refractivity contribution in [3.8, 4) is 0 Å². The molecule has 1 amide bonds. The van der Waals surface area contributed by atoms with E-state index in [1.807, 2.05) is 4.90 Å². The van der Waals surface area contributed by atoms with Gasteiger partial charge in [-0.1, -0.05) is 25.5 Å². The third-order valence-corrected chi connectivity index (χ3v) is 3.99. The Bertz CT molecular complexity index is 479. The molecule has 5 heteroatoms. The zero-order valence-corrected chi connectivity index (χ0v) is 11.9. The lowest BCUT2D eigenvalue weighted by Crippen LogP contribution is -2.44. The molecule has 20 heavy (non-hydrogen) atoms. The molecule has 0 spiro atoms. The van der Waals surface area contributed by atoms with Crippen molar-refractivity contribution in [2.24, 2.45) is 0 Å². The van der Waals surface area contributed by atoms with Gasteiger partial charge in [0.2, 0.25) is 0 Å². The summed E-state index contributed by atoms with van der Waals surface area (Å²) in [7, 11) is -0.384. The molecule has 1 aromatic rings. The first-order chi connectivity index (χ1) is 9.69. The van der Waals surface area contributed by atoms with Gasteiger partial charge in [0.1, 0.15) is 5.82 Å². The minimum atomic E-state index is -0.583. The molecule has 1 aliphatic rings. The van der Waals surface area contributed by atoms with Crippen molar-refractivity contribution in [1.29, 1.82) is 0 Å². The summed E-state index contributed by atoms with van der Waals surface area (Å²) < 4.78 is 14.2. The number of rotatable bonds is 4. The molecule has 1 N–H and O–H groups in total. The summed E-state index contributed by atoms with van der Waals surface area (Å²) in [5, 5.41) is 9.11. The Morgan fingerprint density at radius 2 is 2.30 bits per heavy atom. The quantitative estimate of drug-likeness (QED) is 0.849. The lowest BCUT2D eigenvalue weighted by molar-refractivity contribution is 0.0596. The van der Waals surface area contributed by atoms with Crippen molar-refractivity contribution >= 4 is 18.9 Å². The van der Waals surface area contributed by atoms with Gasteiger partial charge in [-0.25, -0.2) is 4.39 Å². The summed E-state index contributed by atoms with van der Waals surface area (Å²) in [4.78, 5) is 14.4. The predicted molar refractivity (Wildman–Crippen MR) is 79.0 cm³/mol. The van der Waals surface area contributed by atoms with E-state index in [2.05, 4.69) is 6.92 Å². The number of carbonyl (C=O) groups excluding carboxylic acids is 1. The highest BCUT2D eigenvalue weighted by atomic mass is 19.1. The average Bonchev–Trinajstić information content (AvgIpc) is 2.48. The second-order valence-corrected chi connectivity index (χ2v) is 5.37. The van der Waals surface area contributed by atoms with Crippen LogP contribution in [0, 0.1) is 5.82 Å². The van der Waals surface area contributed by atoms with E-state index in [0.717, 1.165) is 32.1 Å². The van der Waals surface area contributed by atoms with Crippen LogP contribution in [0.3, 0.4) is 0 Å². The van der Waals surface area contributed by atoms with Crippen LogP contribution in [0.2, 0.25) is 0 Å². The molecule has 0 aliphatic carbocycles. The summed E-state index contributed by atoms with van der Waals surface area (Å²) in [6.07, 6.45) is 5.10. The Hall–Kier alpha value is -1.36. The fourth-order valence-corrected chi connectivity index (χ4v) is 2.92. The molecule has 0 aromatic heterocycles. The summed E-state index contributed by atoms with van der Waals surface area (Å²) in [6.45, 7) is 2.80. The number of likely N-dealkylation sites (tertiary alicyclic amines) is 1. The van der Waals surface area contributed by atoms with E-state index >= 15 is 0 Å². The van der Waals surface area contributed by atoms with Crippen LogP contribution in [0.4, 0.5) is 4.39 Å². The number of hydrogen-bond donors (Lipinski definition) is 1. The molecule has 0 bridgehead atoms. The van der Waals surface area contributed by atoms with E-state index in [4.69, 9.17) is 5.02 Å². The number of halogens is 1. The Balaban J connectivity index is 2.25. The van der Waals surface area contributed by atoms with Gasteiger partial charge in [0.05, 0.1) is 5.56 Å². The fraction of sp³-hybridized carbons (Fsp3) is 0.533. The van der Waals surface area contributed by atoms with Gasteiger partial charge < -0.3 is 9.92 Å². The first-order valence-corrected chi connectivity index (χ1v) is 7.38. The van der Waals surface area contributed by atoms with Crippen molar-refractivity contribution in [2.45, 2.75) is 45.1 Å². The molecule has 0 saturated carbocycles. The summed E-state index contributed by atoms with van der Waals surface area (Å²) in [6, 6.07) is 4.86. The molecule has 1 aromatic carbocycles. The van der Waals surface area contributed by atoms with Crippen LogP contribution in [0.5, 0.6) is 0 Å². The van der Waals surface area contributed by atoms with E-state index in [1.54, 1.807) is 6.07 Å². The number of amides is 1. The fourth-order valence-electron chi connectivity index (χ4n) is 2.92. The molecule has 1 aliphatic heterocycles. The van der Waals surface area contributed by atoms with Crippen molar-refractivity contribution in [3.63, 3.8) is 0 Å². The second-order valence-electron chi connectivity index (χ2n) is 5.37. The standard InChI is InChI=1S/C15H21BFNO2/c1-2-6-11-7-3-4-10-18(11)15(19)12-8-5-9-13(16-20)14(12)17/h5,8-9,11,16,20H,2-4,6-7,10H2,1H3. The zero-order chi connectivity index (χ0) is 14.5. The first kappa shape index (κ1) is 15.0. The summed E-state index contributed by atoms with van der Waals surface area (Å²) in [5.74, 6) is -0.822. The molecule has 1 heterocycles. The molecule has 3 nitrogen and oxygen atoms in total. The van der Waals surface area contributed by atoms with Gasteiger partial charge in [0.25, 0.3) is 5.91 Å². The maximum atomic E-state index is 14.2. The van der Waals surface area contributed by atoms with E-state index < -0.39 is 5.82 Å². The lowest BCUT2D eigenvalue weighted by atomic mass is 9.86. The van der Waals surface area contributed by atoms with E-state index in [9.17, 15) is 9.18 Å². The lowest BCUT2D eigenvalue weighted by Gasteiger charge is -2.36. The summed E-state index contributed by atoms with van der Waals surface area (Å²) >= 11 is 0. The van der Waals surface area contributed by atoms with Crippen LogP contribution in [-0.4, -0.2) is 35.9 Å². The minimum Gasteiger partial charge on any atom is -0.449 e. The van der Waals surface area contributed by atoms with Crippen LogP contribution in [0.1, 0.15) is 49.4 Å². The van der Waals surface area contributed by atoms with Crippen molar-refractivity contribution < 1.29 is 14.2 Å². The van der Waals surface area contributed by atoms with E-state index in [1.165, 1.54) is 12.1 Å². The molecule has 1 fully saturated rings. The van der Waals surface area contributed by atoms with Crippen LogP contribution in [0.15, 0.2) is 18.2 Å². The molecule has 1 atom stereocenters. The third kappa shape index (κ3) is 3.03. The zero-order valence-electron chi connectivity index (χ0n) is 11.9. The molecule has 2 rings (SSSR count). The Morgan fingerprint density at radius 3 is 3.00 bits per heavy atom. The topological polar surface area (TPSA) is 40.5 Å². The van der Waals surface area contributed by atoms with E-state index in [-0.39, 0.29) is 30.5 Å². The molecular weight excluding hydrogens is 256 g/mol. The Kier molecular flexibility index (Phi) is 5.18. The normalized spacial score (nSPS) is 18.9. The molecule has 108 valence electrons. The minimum absolute atomic E-state index is 0.0829. The second kappa shape index (κ2) is 6.89. The monoisotopic (exact) mass is 277 g/mol. The van der Waals surface area contributed by atoms with Crippen molar-refractivity contribution in [2.75, 3.05) is 6.54 Å². The van der Waals surface area contributed by atoms with Gasteiger partial charge in [0, 0.05) is 12.6 Å². The van der Waals surface area contributed by atoms with Crippen LogP contribution in [0.25, 0.3) is 0 Å². The van der Waals surface area contributed by atoms with Gasteiger partial charge in [-0.05, 0) is 37.2 Å². The maximum Gasteiger partial charge on any atom is 0.307 e. The predicted octanol–water partition coefficient (Wildman–Crippen LogP) is 1.59. The number of hydrogen-bond acceptors (Lipinski definition) is 2. The Morgan fingerprint density at radius 1 is 1.50 bits per heavy atom. The largest absolute Gasteiger partial charge is 0.449 e. The maximum absolute atomic E-state index is 14.2. The highest BCUT2D eigenvalue weighted by Crippen LogP contribution is 2.23. The number of nitrogens with zero attached hydrogens (tertiary/aromatic N) is 1. The van der Waals surface area contributed by atoms with Gasteiger partial charge in [0.15, 0.2) is 0 Å². The SMILES string of the molecule is CCCC1CCCCN1C(=O)c1cccc(BO)c1F. The van der Waals surface area contributed by atoms with E-state index in [0.29, 0.717) is 6.54 Å². The highest BCUT2D eigenvalue weighted by Gasteiger charge is 2.28. The Labute approximate surface area is 120 Å². The molecular formula is C15H21BFNO2. The summed E-state index contributed by atoms with van der Waals surface area (Å²) in [5.41, 5.74) is 0.263. The first-order valence-electron chi connectivity index (χ1n) is 7.38. The van der Waals surface area contributed by atoms with Crippen LogP contribution >= 0.6 is 0 Å². The molecule has 1 saturated heterocycles. The molecule has 0 radical (unpaired) electrons.